The highest BCUT2D eigenvalue weighted by Gasteiger charge is 2.24. The van der Waals surface area contributed by atoms with Crippen molar-refractivity contribution in [2.75, 3.05) is 33.0 Å². The van der Waals surface area contributed by atoms with Crippen LogP contribution >= 0.6 is 11.3 Å². The quantitative estimate of drug-likeness (QED) is 0.859. The van der Waals surface area contributed by atoms with E-state index in [1.807, 2.05) is 22.4 Å². The van der Waals surface area contributed by atoms with Gasteiger partial charge in [-0.2, -0.15) is 0 Å². The highest BCUT2D eigenvalue weighted by atomic mass is 32.1. The smallest absolute Gasteiger partial charge is 0.282 e. The minimum atomic E-state index is 0.0442. The first kappa shape index (κ1) is 14.5. The van der Waals surface area contributed by atoms with Gasteiger partial charge in [0.05, 0.1) is 0 Å². The van der Waals surface area contributed by atoms with Gasteiger partial charge in [-0.1, -0.05) is 6.07 Å². The maximum Gasteiger partial charge on any atom is 0.282 e. The second-order valence-corrected chi connectivity index (χ2v) is 6.49. The van der Waals surface area contributed by atoms with E-state index in [2.05, 4.69) is 16.0 Å². The fraction of sp³-hybridized carbons (Fsp3) is 0.375. The first-order chi connectivity index (χ1) is 11.3. The van der Waals surface area contributed by atoms with Gasteiger partial charge in [-0.3, -0.25) is 9.69 Å². The zero-order valence-electron chi connectivity index (χ0n) is 12.6. The molecule has 2 aliphatic rings. The van der Waals surface area contributed by atoms with Crippen molar-refractivity contribution in [3.8, 4) is 11.5 Å². The molecular weight excluding hydrogens is 314 g/mol. The average Bonchev–Trinajstić information content (AvgIpc) is 3.26. The zero-order valence-corrected chi connectivity index (χ0v) is 13.4. The van der Waals surface area contributed by atoms with Crippen LogP contribution < -0.4 is 9.47 Å². The van der Waals surface area contributed by atoms with Crippen LogP contribution in [-0.4, -0.2) is 53.7 Å². The predicted molar refractivity (Wildman–Crippen MR) is 85.9 cm³/mol. The molecule has 6 nitrogen and oxygen atoms in total. The number of benzene rings is 1. The molecule has 0 aliphatic carbocycles. The van der Waals surface area contributed by atoms with Crippen LogP contribution in [0, 0.1) is 0 Å². The molecule has 1 fully saturated rings. The molecule has 0 radical (unpaired) electrons. The molecule has 1 saturated heterocycles. The van der Waals surface area contributed by atoms with E-state index < -0.39 is 0 Å². The summed E-state index contributed by atoms with van der Waals surface area (Å²) in [6, 6.07) is 6.07. The molecule has 0 unspecified atom stereocenters. The van der Waals surface area contributed by atoms with Crippen LogP contribution in [0.25, 0.3) is 0 Å². The van der Waals surface area contributed by atoms with Gasteiger partial charge in [-0.25, -0.2) is 4.98 Å². The standard InChI is InChI=1S/C16H17N3O3S/c20-16(15-17-3-8-23-15)19-6-4-18(5-7-19)10-12-1-2-13-14(9-12)22-11-21-13/h1-3,8-9H,4-7,10-11H2. The molecule has 7 heteroatoms. The van der Waals surface area contributed by atoms with E-state index >= 15 is 0 Å². The van der Waals surface area contributed by atoms with Gasteiger partial charge in [0.25, 0.3) is 5.91 Å². The van der Waals surface area contributed by atoms with Gasteiger partial charge in [0.1, 0.15) is 0 Å². The van der Waals surface area contributed by atoms with E-state index in [9.17, 15) is 4.79 Å². The summed E-state index contributed by atoms with van der Waals surface area (Å²) in [6.07, 6.45) is 1.67. The summed E-state index contributed by atoms with van der Waals surface area (Å²) < 4.78 is 10.8. The third kappa shape index (κ3) is 3.02. The van der Waals surface area contributed by atoms with Gasteiger partial charge in [-0.15, -0.1) is 11.3 Å². The van der Waals surface area contributed by atoms with Gasteiger partial charge in [-0.05, 0) is 17.7 Å². The second kappa shape index (κ2) is 6.17. The monoisotopic (exact) mass is 331 g/mol. The summed E-state index contributed by atoms with van der Waals surface area (Å²) in [5.74, 6) is 1.68. The number of rotatable bonds is 3. The SMILES string of the molecule is O=C(c1nccs1)N1CCN(Cc2ccc3c(c2)OCO3)CC1. The number of fused-ring (bicyclic) bond motifs is 1. The van der Waals surface area contributed by atoms with Crippen LogP contribution in [0.4, 0.5) is 0 Å². The van der Waals surface area contributed by atoms with Gasteiger partial charge in [0.2, 0.25) is 6.79 Å². The molecular formula is C16H17N3O3S. The first-order valence-electron chi connectivity index (χ1n) is 7.59. The summed E-state index contributed by atoms with van der Waals surface area (Å²) >= 11 is 1.40. The second-order valence-electron chi connectivity index (χ2n) is 5.59. The molecule has 0 bridgehead atoms. The fourth-order valence-corrected chi connectivity index (χ4v) is 3.47. The third-order valence-electron chi connectivity index (χ3n) is 4.12. The Morgan fingerprint density at radius 1 is 1.17 bits per heavy atom. The number of piperazine rings is 1. The van der Waals surface area contributed by atoms with Gasteiger partial charge < -0.3 is 14.4 Å². The zero-order chi connectivity index (χ0) is 15.6. The maximum absolute atomic E-state index is 12.3. The molecule has 2 aliphatic heterocycles. The number of amides is 1. The summed E-state index contributed by atoms with van der Waals surface area (Å²) in [7, 11) is 0. The van der Waals surface area contributed by atoms with E-state index in [1.54, 1.807) is 6.20 Å². The molecule has 0 saturated carbocycles. The van der Waals surface area contributed by atoms with E-state index in [-0.39, 0.29) is 5.91 Å². The molecule has 120 valence electrons. The Balaban J connectivity index is 1.34. The van der Waals surface area contributed by atoms with E-state index in [0.29, 0.717) is 11.8 Å². The molecule has 0 atom stereocenters. The third-order valence-corrected chi connectivity index (χ3v) is 4.88. The Morgan fingerprint density at radius 2 is 2.00 bits per heavy atom. The number of carbonyl (C=O) groups excluding carboxylic acids is 1. The molecule has 23 heavy (non-hydrogen) atoms. The summed E-state index contributed by atoms with van der Waals surface area (Å²) in [5, 5.41) is 2.41. The molecule has 0 N–H and O–H groups in total. The first-order valence-corrected chi connectivity index (χ1v) is 8.47. The number of aromatic nitrogens is 1. The Hall–Kier alpha value is -2.12. The van der Waals surface area contributed by atoms with Crippen molar-refractivity contribution in [1.29, 1.82) is 0 Å². The van der Waals surface area contributed by atoms with Crippen LogP contribution in [0.2, 0.25) is 0 Å². The lowest BCUT2D eigenvalue weighted by molar-refractivity contribution is 0.0628. The van der Waals surface area contributed by atoms with Crippen molar-refractivity contribution in [1.82, 2.24) is 14.8 Å². The molecule has 4 rings (SSSR count). The summed E-state index contributed by atoms with van der Waals surface area (Å²) in [4.78, 5) is 20.6. The number of hydrogen-bond donors (Lipinski definition) is 0. The van der Waals surface area contributed by atoms with E-state index in [4.69, 9.17) is 9.47 Å². The van der Waals surface area contributed by atoms with Gasteiger partial charge in [0, 0.05) is 44.3 Å². The van der Waals surface area contributed by atoms with Crippen molar-refractivity contribution >= 4 is 17.2 Å². The fourth-order valence-electron chi connectivity index (χ4n) is 2.87. The Labute approximate surface area is 138 Å². The highest BCUT2D eigenvalue weighted by Crippen LogP contribution is 2.32. The summed E-state index contributed by atoms with van der Waals surface area (Å²) in [6.45, 7) is 4.37. The molecule has 1 amide bonds. The van der Waals surface area contributed by atoms with Crippen molar-refractivity contribution in [2.24, 2.45) is 0 Å². The van der Waals surface area contributed by atoms with Crippen LogP contribution in [-0.2, 0) is 6.54 Å². The van der Waals surface area contributed by atoms with E-state index in [0.717, 1.165) is 44.2 Å². The van der Waals surface area contributed by atoms with Crippen molar-refractivity contribution in [2.45, 2.75) is 6.54 Å². The minimum absolute atomic E-state index is 0.0442. The molecule has 3 heterocycles. The molecule has 1 aromatic heterocycles. The lowest BCUT2D eigenvalue weighted by Gasteiger charge is -2.34. The Morgan fingerprint density at radius 3 is 2.78 bits per heavy atom. The number of nitrogens with zero attached hydrogens (tertiary/aromatic N) is 3. The molecule has 1 aromatic carbocycles. The largest absolute Gasteiger partial charge is 0.454 e. The number of ether oxygens (including phenoxy) is 2. The van der Waals surface area contributed by atoms with Crippen molar-refractivity contribution in [3.05, 3.63) is 40.3 Å². The Kier molecular flexibility index (Phi) is 3.88. The normalized spacial score (nSPS) is 17.5. The lowest BCUT2D eigenvalue weighted by atomic mass is 10.1. The van der Waals surface area contributed by atoms with Crippen molar-refractivity contribution in [3.63, 3.8) is 0 Å². The Bertz CT molecular complexity index is 697. The number of hydrogen-bond acceptors (Lipinski definition) is 6. The number of carbonyl (C=O) groups is 1. The van der Waals surface area contributed by atoms with Crippen LogP contribution in [0.3, 0.4) is 0 Å². The van der Waals surface area contributed by atoms with Gasteiger partial charge in [0.15, 0.2) is 16.5 Å². The van der Waals surface area contributed by atoms with Crippen molar-refractivity contribution < 1.29 is 14.3 Å². The predicted octanol–water partition coefficient (Wildman–Crippen LogP) is 1.83. The van der Waals surface area contributed by atoms with Crippen LogP contribution in [0.5, 0.6) is 11.5 Å². The number of thiazole rings is 1. The van der Waals surface area contributed by atoms with Crippen LogP contribution in [0.1, 0.15) is 15.4 Å². The minimum Gasteiger partial charge on any atom is -0.454 e. The average molecular weight is 331 g/mol. The highest BCUT2D eigenvalue weighted by molar-refractivity contribution is 7.11. The lowest BCUT2D eigenvalue weighted by Crippen LogP contribution is -2.48. The van der Waals surface area contributed by atoms with Gasteiger partial charge >= 0.3 is 0 Å². The van der Waals surface area contributed by atoms with Crippen LogP contribution in [0.15, 0.2) is 29.8 Å². The maximum atomic E-state index is 12.3. The van der Waals surface area contributed by atoms with E-state index in [1.165, 1.54) is 16.9 Å². The topological polar surface area (TPSA) is 54.9 Å². The summed E-state index contributed by atoms with van der Waals surface area (Å²) in [5.41, 5.74) is 1.20. The molecule has 0 spiro atoms. The molecule has 2 aromatic rings.